The van der Waals surface area contributed by atoms with Gasteiger partial charge in [-0.1, -0.05) is 24.3 Å². The highest BCUT2D eigenvalue weighted by atomic mass is 19.1. The van der Waals surface area contributed by atoms with Gasteiger partial charge in [-0.2, -0.15) is 0 Å². The molecule has 1 atom stereocenters. The first kappa shape index (κ1) is 16.8. The molecular formula is C21H20FNO3. The van der Waals surface area contributed by atoms with E-state index in [9.17, 15) is 9.18 Å². The van der Waals surface area contributed by atoms with Gasteiger partial charge in [-0.25, -0.2) is 4.39 Å². The van der Waals surface area contributed by atoms with Crippen LogP contribution in [-0.4, -0.2) is 12.7 Å². The number of hydrogen-bond donors (Lipinski definition) is 1. The maximum absolute atomic E-state index is 13.8. The summed E-state index contributed by atoms with van der Waals surface area (Å²) in [5.74, 6) is 0.000557. The van der Waals surface area contributed by atoms with Crippen LogP contribution in [0.2, 0.25) is 0 Å². The number of aryl methyl sites for hydroxylation is 1. The average Bonchev–Trinajstić information content (AvgIpc) is 2.66. The van der Waals surface area contributed by atoms with Crippen LogP contribution in [0, 0.1) is 5.82 Å². The molecule has 2 aromatic rings. The highest BCUT2D eigenvalue weighted by Crippen LogP contribution is 2.31. The van der Waals surface area contributed by atoms with E-state index in [2.05, 4.69) is 17.4 Å². The summed E-state index contributed by atoms with van der Waals surface area (Å²) in [5.41, 5.74) is 3.67. The van der Waals surface area contributed by atoms with Crippen LogP contribution in [0.5, 0.6) is 5.75 Å². The van der Waals surface area contributed by atoms with Crippen LogP contribution < -0.4 is 10.1 Å². The zero-order valence-corrected chi connectivity index (χ0v) is 14.3. The standard InChI is InChI=1S/C21H20FNO3/c22-17-10-15(21-16(11-17)12-25-13-26-21)8-9-20(24)23-19-7-3-5-14-4-1-2-6-18(14)19/h1-2,4,6,8-11,19H,3,5,7,12-13H2,(H,23,24)/b9-8+. The van der Waals surface area contributed by atoms with Crippen molar-refractivity contribution >= 4 is 12.0 Å². The molecule has 0 saturated carbocycles. The molecule has 0 radical (unpaired) electrons. The van der Waals surface area contributed by atoms with Crippen molar-refractivity contribution < 1.29 is 18.7 Å². The molecule has 1 aliphatic carbocycles. The lowest BCUT2D eigenvalue weighted by atomic mass is 9.88. The molecule has 4 rings (SSSR count). The van der Waals surface area contributed by atoms with Crippen molar-refractivity contribution in [1.29, 1.82) is 0 Å². The molecule has 1 amide bonds. The number of hydrogen-bond acceptors (Lipinski definition) is 3. The van der Waals surface area contributed by atoms with Gasteiger partial charge in [0.1, 0.15) is 11.6 Å². The summed E-state index contributed by atoms with van der Waals surface area (Å²) < 4.78 is 24.4. The quantitative estimate of drug-likeness (QED) is 0.852. The lowest BCUT2D eigenvalue weighted by Gasteiger charge is -2.25. The minimum Gasteiger partial charge on any atom is -0.467 e. The van der Waals surface area contributed by atoms with Crippen LogP contribution >= 0.6 is 0 Å². The number of halogens is 1. The van der Waals surface area contributed by atoms with Gasteiger partial charge in [0.05, 0.1) is 12.6 Å². The largest absolute Gasteiger partial charge is 0.467 e. The van der Waals surface area contributed by atoms with E-state index in [-0.39, 0.29) is 24.6 Å². The Morgan fingerprint density at radius 2 is 2.12 bits per heavy atom. The molecule has 1 heterocycles. The van der Waals surface area contributed by atoms with Gasteiger partial charge >= 0.3 is 0 Å². The summed E-state index contributed by atoms with van der Waals surface area (Å²) in [6.07, 6.45) is 6.05. The van der Waals surface area contributed by atoms with Gasteiger partial charge in [0.25, 0.3) is 0 Å². The van der Waals surface area contributed by atoms with Crippen molar-refractivity contribution in [1.82, 2.24) is 5.32 Å². The smallest absolute Gasteiger partial charge is 0.244 e. The van der Waals surface area contributed by atoms with E-state index in [0.717, 1.165) is 19.3 Å². The second-order valence-corrected chi connectivity index (χ2v) is 6.58. The predicted molar refractivity (Wildman–Crippen MR) is 96.0 cm³/mol. The third-order valence-corrected chi connectivity index (χ3v) is 4.80. The molecule has 1 unspecified atom stereocenters. The number of rotatable bonds is 3. The number of fused-ring (bicyclic) bond motifs is 2. The molecule has 4 nitrogen and oxygen atoms in total. The van der Waals surface area contributed by atoms with E-state index >= 15 is 0 Å². The van der Waals surface area contributed by atoms with Gasteiger partial charge in [0, 0.05) is 17.2 Å². The van der Waals surface area contributed by atoms with Gasteiger partial charge < -0.3 is 14.8 Å². The minimum absolute atomic E-state index is 0.0168. The summed E-state index contributed by atoms with van der Waals surface area (Å²) in [6, 6.07) is 11.0. The summed E-state index contributed by atoms with van der Waals surface area (Å²) >= 11 is 0. The molecule has 2 aromatic carbocycles. The van der Waals surface area contributed by atoms with E-state index in [0.29, 0.717) is 23.5 Å². The first-order valence-electron chi connectivity index (χ1n) is 8.80. The Labute approximate surface area is 151 Å². The van der Waals surface area contributed by atoms with Crippen molar-refractivity contribution in [3.63, 3.8) is 0 Å². The number of nitrogens with one attached hydrogen (secondary N) is 1. The van der Waals surface area contributed by atoms with Crippen LogP contribution in [0.3, 0.4) is 0 Å². The zero-order valence-electron chi connectivity index (χ0n) is 14.3. The van der Waals surface area contributed by atoms with Gasteiger partial charge in [-0.15, -0.1) is 0 Å². The maximum atomic E-state index is 13.8. The molecule has 0 saturated heterocycles. The highest BCUT2D eigenvalue weighted by Gasteiger charge is 2.21. The number of amides is 1. The van der Waals surface area contributed by atoms with Crippen LogP contribution in [0.25, 0.3) is 6.08 Å². The van der Waals surface area contributed by atoms with Crippen LogP contribution in [-0.2, 0) is 22.6 Å². The molecule has 0 bridgehead atoms. The van der Waals surface area contributed by atoms with E-state index in [1.54, 1.807) is 6.08 Å². The monoisotopic (exact) mass is 353 g/mol. The number of ether oxygens (including phenoxy) is 2. The fraction of sp³-hybridized carbons (Fsp3) is 0.286. The average molecular weight is 353 g/mol. The third kappa shape index (κ3) is 3.48. The number of benzene rings is 2. The van der Waals surface area contributed by atoms with E-state index in [1.165, 1.54) is 29.3 Å². The topological polar surface area (TPSA) is 47.6 Å². The molecule has 134 valence electrons. The lowest BCUT2D eigenvalue weighted by Crippen LogP contribution is -2.29. The molecule has 1 N–H and O–H groups in total. The first-order valence-corrected chi connectivity index (χ1v) is 8.80. The lowest BCUT2D eigenvalue weighted by molar-refractivity contribution is -0.117. The fourth-order valence-corrected chi connectivity index (χ4v) is 3.62. The Morgan fingerprint density at radius 1 is 1.23 bits per heavy atom. The van der Waals surface area contributed by atoms with Crippen LogP contribution in [0.15, 0.2) is 42.5 Å². The summed E-state index contributed by atoms with van der Waals surface area (Å²) in [5, 5.41) is 3.05. The Bertz CT molecular complexity index is 862. The normalized spacial score (nSPS) is 18.7. The van der Waals surface area contributed by atoms with Crippen LogP contribution in [0.1, 0.15) is 41.1 Å². The Hall–Kier alpha value is -2.66. The first-order chi connectivity index (χ1) is 12.7. The zero-order chi connectivity index (χ0) is 17.9. The number of carbonyl (C=O) groups excluding carboxylic acids is 1. The second kappa shape index (κ2) is 7.30. The van der Waals surface area contributed by atoms with E-state index in [4.69, 9.17) is 9.47 Å². The van der Waals surface area contributed by atoms with Crippen molar-refractivity contribution in [2.75, 3.05) is 6.79 Å². The molecule has 5 heteroatoms. The van der Waals surface area contributed by atoms with Crippen molar-refractivity contribution in [2.45, 2.75) is 31.9 Å². The molecular weight excluding hydrogens is 333 g/mol. The van der Waals surface area contributed by atoms with Gasteiger partial charge in [0.15, 0.2) is 6.79 Å². The van der Waals surface area contributed by atoms with Gasteiger partial charge in [0.2, 0.25) is 5.91 Å². The Balaban J connectivity index is 1.50. The van der Waals surface area contributed by atoms with Crippen LogP contribution in [0.4, 0.5) is 4.39 Å². The van der Waals surface area contributed by atoms with E-state index < -0.39 is 0 Å². The van der Waals surface area contributed by atoms with Gasteiger partial charge in [-0.05, 0) is 48.6 Å². The molecule has 26 heavy (non-hydrogen) atoms. The molecule has 0 aromatic heterocycles. The molecule has 0 fully saturated rings. The van der Waals surface area contributed by atoms with Crippen molar-refractivity contribution in [3.8, 4) is 5.75 Å². The Kier molecular flexibility index (Phi) is 4.71. The Morgan fingerprint density at radius 3 is 3.04 bits per heavy atom. The van der Waals surface area contributed by atoms with Crippen molar-refractivity contribution in [2.24, 2.45) is 0 Å². The van der Waals surface area contributed by atoms with E-state index in [1.807, 2.05) is 12.1 Å². The van der Waals surface area contributed by atoms with Crippen molar-refractivity contribution in [3.05, 3.63) is 70.5 Å². The number of carbonyl (C=O) groups is 1. The molecule has 2 aliphatic rings. The summed E-state index contributed by atoms with van der Waals surface area (Å²) in [7, 11) is 0. The molecule has 1 aliphatic heterocycles. The summed E-state index contributed by atoms with van der Waals surface area (Å²) in [6.45, 7) is 0.434. The maximum Gasteiger partial charge on any atom is 0.244 e. The molecule has 0 spiro atoms. The highest BCUT2D eigenvalue weighted by molar-refractivity contribution is 5.92. The minimum atomic E-state index is -0.376. The van der Waals surface area contributed by atoms with Gasteiger partial charge in [-0.3, -0.25) is 4.79 Å². The third-order valence-electron chi connectivity index (χ3n) is 4.80. The summed E-state index contributed by atoms with van der Waals surface area (Å²) in [4.78, 5) is 12.4. The SMILES string of the molecule is O=C(/C=C/c1cc(F)cc2c1OCOC2)NC1CCCc2ccccc21. The second-order valence-electron chi connectivity index (χ2n) is 6.58. The predicted octanol–water partition coefficient (Wildman–Crippen LogP) is 3.90. The fourth-order valence-electron chi connectivity index (χ4n) is 3.62.